The molecule has 5 heteroatoms. The number of amides is 1. The predicted molar refractivity (Wildman–Crippen MR) is 93.1 cm³/mol. The number of halogens is 1. The fourth-order valence-electron chi connectivity index (χ4n) is 3.76. The molecule has 2 saturated heterocycles. The summed E-state index contributed by atoms with van der Waals surface area (Å²) in [4.78, 5) is 19.2. The molecule has 0 radical (unpaired) electrons. The lowest BCUT2D eigenvalue weighted by atomic mass is 10.2. The Morgan fingerprint density at radius 3 is 2.54 bits per heavy atom. The molecule has 132 valence electrons. The standard InChI is InChI=1S/C19H28FN3O/c1-16(19(24)23-10-4-5-11-23)22-12-6-9-21(13-14-22)15-17-7-2-3-8-18(17)20/h2-3,7-8,16H,4-6,9-15H2,1H3/t16-/m0/s1. The molecule has 0 spiro atoms. The molecule has 2 aliphatic rings. The monoisotopic (exact) mass is 333 g/mol. The molecule has 0 N–H and O–H groups in total. The minimum Gasteiger partial charge on any atom is -0.341 e. The van der Waals surface area contributed by atoms with Crippen LogP contribution in [-0.2, 0) is 11.3 Å². The van der Waals surface area contributed by atoms with Crippen molar-refractivity contribution in [2.24, 2.45) is 0 Å². The minimum absolute atomic E-state index is 0.0449. The lowest BCUT2D eigenvalue weighted by molar-refractivity contribution is -0.135. The molecule has 2 heterocycles. The van der Waals surface area contributed by atoms with Crippen LogP contribution >= 0.6 is 0 Å². The maximum atomic E-state index is 13.8. The zero-order chi connectivity index (χ0) is 16.9. The molecule has 2 aliphatic heterocycles. The van der Waals surface area contributed by atoms with Crippen LogP contribution in [0.15, 0.2) is 24.3 Å². The minimum atomic E-state index is -0.129. The molecule has 24 heavy (non-hydrogen) atoms. The highest BCUT2D eigenvalue weighted by atomic mass is 19.1. The van der Waals surface area contributed by atoms with Crippen molar-refractivity contribution in [1.82, 2.24) is 14.7 Å². The molecule has 4 nitrogen and oxygen atoms in total. The second-order valence-electron chi connectivity index (χ2n) is 6.97. The first-order chi connectivity index (χ1) is 11.6. The van der Waals surface area contributed by atoms with Crippen LogP contribution < -0.4 is 0 Å². The number of nitrogens with zero attached hydrogens (tertiary/aromatic N) is 3. The second-order valence-corrected chi connectivity index (χ2v) is 6.97. The normalized spacial score (nSPS) is 21.7. The second kappa shape index (κ2) is 8.08. The van der Waals surface area contributed by atoms with Gasteiger partial charge in [0.25, 0.3) is 0 Å². The van der Waals surface area contributed by atoms with E-state index in [2.05, 4.69) is 9.80 Å². The van der Waals surface area contributed by atoms with Gasteiger partial charge in [0, 0.05) is 44.8 Å². The van der Waals surface area contributed by atoms with Crippen LogP contribution in [-0.4, -0.2) is 65.9 Å². The first-order valence-corrected chi connectivity index (χ1v) is 9.14. The van der Waals surface area contributed by atoms with E-state index in [1.54, 1.807) is 6.07 Å². The average Bonchev–Trinajstić information content (AvgIpc) is 3.03. The molecule has 2 fully saturated rings. The van der Waals surface area contributed by atoms with E-state index in [0.29, 0.717) is 6.54 Å². The van der Waals surface area contributed by atoms with Gasteiger partial charge in [-0.25, -0.2) is 4.39 Å². The Kier molecular flexibility index (Phi) is 5.85. The van der Waals surface area contributed by atoms with E-state index < -0.39 is 0 Å². The molecule has 1 amide bonds. The fraction of sp³-hybridized carbons (Fsp3) is 0.632. The van der Waals surface area contributed by atoms with Gasteiger partial charge < -0.3 is 4.90 Å². The quantitative estimate of drug-likeness (QED) is 0.846. The molecular weight excluding hydrogens is 305 g/mol. The van der Waals surface area contributed by atoms with Crippen molar-refractivity contribution >= 4 is 5.91 Å². The first kappa shape index (κ1) is 17.4. The molecule has 0 aliphatic carbocycles. The largest absolute Gasteiger partial charge is 0.341 e. The van der Waals surface area contributed by atoms with E-state index >= 15 is 0 Å². The highest BCUT2D eigenvalue weighted by Crippen LogP contribution is 2.16. The predicted octanol–water partition coefficient (Wildman–Crippen LogP) is 2.34. The number of carbonyl (C=O) groups is 1. The first-order valence-electron chi connectivity index (χ1n) is 9.14. The summed E-state index contributed by atoms with van der Waals surface area (Å²) in [5.41, 5.74) is 0.757. The summed E-state index contributed by atoms with van der Waals surface area (Å²) in [6, 6.07) is 6.96. The summed E-state index contributed by atoms with van der Waals surface area (Å²) in [5.74, 6) is 0.145. The van der Waals surface area contributed by atoms with Crippen LogP contribution in [0.4, 0.5) is 4.39 Å². The van der Waals surface area contributed by atoms with Gasteiger partial charge in [-0.3, -0.25) is 14.6 Å². The van der Waals surface area contributed by atoms with E-state index in [1.807, 2.05) is 24.0 Å². The van der Waals surface area contributed by atoms with Crippen LogP contribution in [0.3, 0.4) is 0 Å². The number of rotatable bonds is 4. The van der Waals surface area contributed by atoms with Crippen LogP contribution in [0.2, 0.25) is 0 Å². The molecule has 3 rings (SSSR count). The lowest BCUT2D eigenvalue weighted by Crippen LogP contribution is -2.47. The van der Waals surface area contributed by atoms with Crippen LogP contribution in [0, 0.1) is 5.82 Å². The van der Waals surface area contributed by atoms with Gasteiger partial charge in [0.15, 0.2) is 0 Å². The average molecular weight is 333 g/mol. The van der Waals surface area contributed by atoms with Crippen LogP contribution in [0.1, 0.15) is 31.7 Å². The van der Waals surface area contributed by atoms with E-state index in [9.17, 15) is 9.18 Å². The van der Waals surface area contributed by atoms with Gasteiger partial charge in [0.05, 0.1) is 6.04 Å². The number of carbonyl (C=O) groups excluding carboxylic acids is 1. The molecule has 1 aromatic rings. The van der Waals surface area contributed by atoms with E-state index in [4.69, 9.17) is 0 Å². The zero-order valence-electron chi connectivity index (χ0n) is 14.6. The molecule has 0 unspecified atom stereocenters. The number of benzene rings is 1. The van der Waals surface area contributed by atoms with Crippen LogP contribution in [0.5, 0.6) is 0 Å². The molecule has 0 aromatic heterocycles. The van der Waals surface area contributed by atoms with Crippen molar-refractivity contribution in [3.63, 3.8) is 0 Å². The smallest absolute Gasteiger partial charge is 0.239 e. The van der Waals surface area contributed by atoms with Gasteiger partial charge in [0.2, 0.25) is 5.91 Å². The molecule has 0 saturated carbocycles. The third kappa shape index (κ3) is 4.14. The summed E-state index contributed by atoms with van der Waals surface area (Å²) in [6.07, 6.45) is 3.29. The Morgan fingerprint density at radius 2 is 1.79 bits per heavy atom. The van der Waals surface area contributed by atoms with Gasteiger partial charge in [-0.05, 0) is 38.8 Å². The van der Waals surface area contributed by atoms with Crippen molar-refractivity contribution < 1.29 is 9.18 Å². The van der Waals surface area contributed by atoms with Gasteiger partial charge >= 0.3 is 0 Å². The summed E-state index contributed by atoms with van der Waals surface area (Å²) >= 11 is 0. The van der Waals surface area contributed by atoms with Crippen LogP contribution in [0.25, 0.3) is 0 Å². The van der Waals surface area contributed by atoms with Gasteiger partial charge in [-0.15, -0.1) is 0 Å². The van der Waals surface area contributed by atoms with Crippen molar-refractivity contribution in [2.75, 3.05) is 39.3 Å². The summed E-state index contributed by atoms with van der Waals surface area (Å²) in [7, 11) is 0. The molecule has 1 atom stereocenters. The third-order valence-electron chi connectivity index (χ3n) is 5.30. The van der Waals surface area contributed by atoms with Gasteiger partial charge in [-0.1, -0.05) is 18.2 Å². The van der Waals surface area contributed by atoms with E-state index in [1.165, 1.54) is 6.07 Å². The van der Waals surface area contributed by atoms with Crippen molar-refractivity contribution in [2.45, 2.75) is 38.8 Å². The Morgan fingerprint density at radius 1 is 1.04 bits per heavy atom. The Balaban J connectivity index is 1.54. The molecule has 1 aromatic carbocycles. The van der Waals surface area contributed by atoms with Crippen molar-refractivity contribution in [3.8, 4) is 0 Å². The fourth-order valence-corrected chi connectivity index (χ4v) is 3.76. The summed E-state index contributed by atoms with van der Waals surface area (Å²) in [5, 5.41) is 0. The third-order valence-corrected chi connectivity index (χ3v) is 5.30. The lowest BCUT2D eigenvalue weighted by Gasteiger charge is -2.30. The highest BCUT2D eigenvalue weighted by molar-refractivity contribution is 5.81. The Hall–Kier alpha value is -1.46. The number of hydrogen-bond acceptors (Lipinski definition) is 3. The molecule has 0 bridgehead atoms. The number of hydrogen-bond donors (Lipinski definition) is 0. The topological polar surface area (TPSA) is 26.8 Å². The zero-order valence-corrected chi connectivity index (χ0v) is 14.6. The van der Waals surface area contributed by atoms with Crippen molar-refractivity contribution in [3.05, 3.63) is 35.6 Å². The maximum absolute atomic E-state index is 13.8. The van der Waals surface area contributed by atoms with Gasteiger partial charge in [-0.2, -0.15) is 0 Å². The van der Waals surface area contributed by atoms with Gasteiger partial charge in [0.1, 0.15) is 5.82 Å². The SMILES string of the molecule is C[C@@H](C(=O)N1CCCC1)N1CCCN(Cc2ccccc2F)CC1. The van der Waals surface area contributed by atoms with E-state index in [0.717, 1.165) is 64.1 Å². The number of likely N-dealkylation sites (tertiary alicyclic amines) is 1. The van der Waals surface area contributed by atoms with E-state index in [-0.39, 0.29) is 17.8 Å². The highest BCUT2D eigenvalue weighted by Gasteiger charge is 2.28. The summed E-state index contributed by atoms with van der Waals surface area (Å²) < 4.78 is 13.8. The Bertz CT molecular complexity index is 559. The molecular formula is C19H28FN3O. The summed E-state index contributed by atoms with van der Waals surface area (Å²) in [6.45, 7) is 8.15. The Labute approximate surface area is 144 Å². The van der Waals surface area contributed by atoms with Crippen molar-refractivity contribution in [1.29, 1.82) is 0 Å². The maximum Gasteiger partial charge on any atom is 0.239 e.